The summed E-state index contributed by atoms with van der Waals surface area (Å²) in [5.74, 6) is -0.358. The standard InChI is InChI=1S/C12H13BrFN5O/c1-19-9(4-5-16-19)7-15-12(20)18-17-11-3-2-8(14)6-10(11)13/h2-6,17H,7H2,1H3,(H2,15,18,20). The minimum atomic E-state index is -0.401. The molecule has 0 fully saturated rings. The van der Waals surface area contributed by atoms with Crippen molar-refractivity contribution in [2.75, 3.05) is 5.43 Å². The number of amides is 2. The van der Waals surface area contributed by atoms with E-state index < -0.39 is 6.03 Å². The fourth-order valence-corrected chi connectivity index (χ4v) is 1.95. The molecule has 1 aromatic carbocycles. The Balaban J connectivity index is 1.82. The molecule has 0 atom stereocenters. The van der Waals surface area contributed by atoms with Crippen LogP contribution in [0.3, 0.4) is 0 Å². The molecular weight excluding hydrogens is 329 g/mol. The van der Waals surface area contributed by atoms with Crippen LogP contribution in [0.5, 0.6) is 0 Å². The maximum Gasteiger partial charge on any atom is 0.333 e. The van der Waals surface area contributed by atoms with Crippen LogP contribution in [0.25, 0.3) is 0 Å². The number of hydrazine groups is 1. The van der Waals surface area contributed by atoms with Gasteiger partial charge >= 0.3 is 6.03 Å². The normalized spacial score (nSPS) is 10.2. The molecule has 2 rings (SSSR count). The molecule has 0 radical (unpaired) electrons. The number of rotatable bonds is 4. The fraction of sp³-hybridized carbons (Fsp3) is 0.167. The van der Waals surface area contributed by atoms with Gasteiger partial charge in [0.2, 0.25) is 0 Å². The van der Waals surface area contributed by atoms with Crippen LogP contribution in [0.2, 0.25) is 0 Å². The Bertz CT molecular complexity index is 616. The molecule has 20 heavy (non-hydrogen) atoms. The van der Waals surface area contributed by atoms with E-state index in [1.54, 1.807) is 17.9 Å². The van der Waals surface area contributed by atoms with Crippen LogP contribution in [0.4, 0.5) is 14.9 Å². The van der Waals surface area contributed by atoms with Crippen LogP contribution in [-0.2, 0) is 13.6 Å². The van der Waals surface area contributed by atoms with Gasteiger partial charge in [-0.1, -0.05) is 0 Å². The van der Waals surface area contributed by atoms with E-state index in [-0.39, 0.29) is 5.82 Å². The van der Waals surface area contributed by atoms with Gasteiger partial charge in [-0.3, -0.25) is 15.5 Å². The number of carbonyl (C=O) groups excluding carboxylic acids is 1. The molecule has 8 heteroatoms. The summed E-state index contributed by atoms with van der Waals surface area (Å²) in [6.45, 7) is 0.356. The first-order chi connectivity index (χ1) is 9.56. The minimum Gasteiger partial charge on any atom is -0.331 e. The lowest BCUT2D eigenvalue weighted by molar-refractivity contribution is 0.242. The van der Waals surface area contributed by atoms with Crippen LogP contribution in [0, 0.1) is 5.82 Å². The van der Waals surface area contributed by atoms with Crippen LogP contribution < -0.4 is 16.2 Å². The lowest BCUT2D eigenvalue weighted by Gasteiger charge is -2.11. The SMILES string of the molecule is Cn1nccc1CNC(=O)NNc1ccc(F)cc1Br. The molecule has 0 aliphatic heterocycles. The summed E-state index contributed by atoms with van der Waals surface area (Å²) in [6, 6.07) is 5.52. The average molecular weight is 342 g/mol. The second-order valence-corrected chi connectivity index (χ2v) is 4.86. The summed E-state index contributed by atoms with van der Waals surface area (Å²) in [6.07, 6.45) is 1.66. The lowest BCUT2D eigenvalue weighted by Crippen LogP contribution is -2.39. The largest absolute Gasteiger partial charge is 0.333 e. The molecule has 106 valence electrons. The Hall–Kier alpha value is -2.09. The topological polar surface area (TPSA) is 71.0 Å². The zero-order chi connectivity index (χ0) is 14.5. The quantitative estimate of drug-likeness (QED) is 0.746. The lowest BCUT2D eigenvalue weighted by atomic mass is 10.3. The van der Waals surface area contributed by atoms with Gasteiger partial charge < -0.3 is 5.32 Å². The van der Waals surface area contributed by atoms with Gasteiger partial charge in [-0.2, -0.15) is 5.10 Å². The van der Waals surface area contributed by atoms with Crippen molar-refractivity contribution in [3.8, 4) is 0 Å². The van der Waals surface area contributed by atoms with E-state index in [2.05, 4.69) is 37.2 Å². The van der Waals surface area contributed by atoms with Crippen LogP contribution >= 0.6 is 15.9 Å². The second-order valence-electron chi connectivity index (χ2n) is 4.00. The number of halogens is 2. The second kappa shape index (κ2) is 6.38. The number of urea groups is 1. The van der Waals surface area contributed by atoms with Gasteiger partial charge in [-0.15, -0.1) is 0 Å². The first kappa shape index (κ1) is 14.3. The maximum atomic E-state index is 12.9. The average Bonchev–Trinajstić information content (AvgIpc) is 2.81. The van der Waals surface area contributed by atoms with Crippen molar-refractivity contribution in [1.82, 2.24) is 20.5 Å². The van der Waals surface area contributed by atoms with Gasteiger partial charge in [0, 0.05) is 17.7 Å². The smallest absolute Gasteiger partial charge is 0.331 e. The molecule has 0 saturated carbocycles. The maximum absolute atomic E-state index is 12.9. The number of carbonyl (C=O) groups is 1. The molecule has 0 unspecified atom stereocenters. The summed E-state index contributed by atoms with van der Waals surface area (Å²) in [5.41, 5.74) is 6.58. The van der Waals surface area contributed by atoms with E-state index in [0.717, 1.165) is 5.69 Å². The first-order valence-corrected chi connectivity index (χ1v) is 6.57. The van der Waals surface area contributed by atoms with Crippen LogP contribution in [-0.4, -0.2) is 15.8 Å². The molecule has 2 aromatic rings. The number of hydrogen-bond acceptors (Lipinski definition) is 3. The number of benzene rings is 1. The number of aryl methyl sites for hydroxylation is 1. The number of aromatic nitrogens is 2. The van der Waals surface area contributed by atoms with Crippen LogP contribution in [0.1, 0.15) is 5.69 Å². The predicted octanol–water partition coefficient (Wildman–Crippen LogP) is 2.15. The summed E-state index contributed by atoms with van der Waals surface area (Å²) < 4.78 is 15.1. The molecule has 0 saturated heterocycles. The van der Waals surface area contributed by atoms with Gasteiger partial charge in [-0.05, 0) is 40.2 Å². The molecule has 0 bridgehead atoms. The highest BCUT2D eigenvalue weighted by molar-refractivity contribution is 9.10. The van der Waals surface area contributed by atoms with Crippen molar-refractivity contribution >= 4 is 27.6 Å². The molecule has 0 aliphatic carbocycles. The fourth-order valence-electron chi connectivity index (χ4n) is 1.50. The molecule has 0 aliphatic rings. The Kier molecular flexibility index (Phi) is 4.57. The third-order valence-electron chi connectivity index (χ3n) is 2.59. The molecule has 1 aromatic heterocycles. The number of nitrogens with zero attached hydrogens (tertiary/aromatic N) is 2. The van der Waals surface area contributed by atoms with E-state index in [1.807, 2.05) is 6.07 Å². The van der Waals surface area contributed by atoms with Crippen molar-refractivity contribution in [3.63, 3.8) is 0 Å². The summed E-state index contributed by atoms with van der Waals surface area (Å²) in [4.78, 5) is 11.6. The zero-order valence-corrected chi connectivity index (χ0v) is 12.2. The molecule has 2 amide bonds. The number of hydrogen-bond donors (Lipinski definition) is 3. The van der Waals surface area contributed by atoms with Gasteiger partial charge in [0.05, 0.1) is 17.9 Å². The Morgan fingerprint density at radius 1 is 1.45 bits per heavy atom. The van der Waals surface area contributed by atoms with Crippen molar-refractivity contribution in [3.05, 3.63) is 46.4 Å². The van der Waals surface area contributed by atoms with Crippen molar-refractivity contribution in [1.29, 1.82) is 0 Å². The highest BCUT2D eigenvalue weighted by Crippen LogP contribution is 2.22. The van der Waals surface area contributed by atoms with E-state index in [4.69, 9.17) is 0 Å². The monoisotopic (exact) mass is 341 g/mol. The molecule has 6 nitrogen and oxygen atoms in total. The third kappa shape index (κ3) is 3.70. The van der Waals surface area contributed by atoms with Gasteiger partial charge in [0.15, 0.2) is 0 Å². The number of nitrogens with one attached hydrogen (secondary N) is 3. The Morgan fingerprint density at radius 2 is 2.25 bits per heavy atom. The summed E-state index contributed by atoms with van der Waals surface area (Å²) >= 11 is 3.19. The van der Waals surface area contributed by atoms with Crippen molar-refractivity contribution < 1.29 is 9.18 Å². The van der Waals surface area contributed by atoms with Crippen LogP contribution in [0.15, 0.2) is 34.9 Å². The Labute approximate surface area is 123 Å². The summed E-state index contributed by atoms with van der Waals surface area (Å²) in [5, 5.41) is 6.66. The third-order valence-corrected chi connectivity index (χ3v) is 3.25. The highest BCUT2D eigenvalue weighted by Gasteiger charge is 2.05. The highest BCUT2D eigenvalue weighted by atomic mass is 79.9. The molecular formula is C12H13BrFN5O. The molecule has 1 heterocycles. The first-order valence-electron chi connectivity index (χ1n) is 5.78. The van der Waals surface area contributed by atoms with Gasteiger partial charge in [0.25, 0.3) is 0 Å². The van der Waals surface area contributed by atoms with Gasteiger partial charge in [-0.25, -0.2) is 9.18 Å². The van der Waals surface area contributed by atoms with Crippen molar-refractivity contribution in [2.24, 2.45) is 7.05 Å². The van der Waals surface area contributed by atoms with E-state index in [0.29, 0.717) is 16.7 Å². The zero-order valence-electron chi connectivity index (χ0n) is 10.7. The van der Waals surface area contributed by atoms with E-state index in [1.165, 1.54) is 18.2 Å². The predicted molar refractivity (Wildman–Crippen MR) is 76.3 cm³/mol. The number of anilines is 1. The molecule has 0 spiro atoms. The van der Waals surface area contributed by atoms with E-state index >= 15 is 0 Å². The summed E-state index contributed by atoms with van der Waals surface area (Å²) in [7, 11) is 1.79. The van der Waals surface area contributed by atoms with Crippen molar-refractivity contribution in [2.45, 2.75) is 6.54 Å². The van der Waals surface area contributed by atoms with Gasteiger partial charge in [0.1, 0.15) is 5.82 Å². The minimum absolute atomic E-state index is 0.356. The Morgan fingerprint density at radius 3 is 2.90 bits per heavy atom. The van der Waals surface area contributed by atoms with E-state index in [9.17, 15) is 9.18 Å². The molecule has 3 N–H and O–H groups in total.